The summed E-state index contributed by atoms with van der Waals surface area (Å²) in [5.74, 6) is 0.100. The molecule has 4 rings (SSSR count). The van der Waals surface area contributed by atoms with Crippen LogP contribution in [0.3, 0.4) is 0 Å². The Labute approximate surface area is 172 Å². The van der Waals surface area contributed by atoms with E-state index < -0.39 is 10.9 Å². The van der Waals surface area contributed by atoms with Crippen LogP contribution in [0, 0.1) is 0 Å². The number of halogens is 2. The molecule has 1 atom stereocenters. The highest BCUT2D eigenvalue weighted by Crippen LogP contribution is 2.39. The van der Waals surface area contributed by atoms with Crippen molar-refractivity contribution in [2.45, 2.75) is 12.5 Å². The van der Waals surface area contributed by atoms with E-state index >= 15 is 0 Å². The van der Waals surface area contributed by atoms with Gasteiger partial charge < -0.3 is 15.5 Å². The predicted octanol–water partition coefficient (Wildman–Crippen LogP) is 3.95. The van der Waals surface area contributed by atoms with Gasteiger partial charge in [0, 0.05) is 41.8 Å². The smallest absolute Gasteiger partial charge is 0.253 e. The van der Waals surface area contributed by atoms with Crippen molar-refractivity contribution in [3.05, 3.63) is 83.6 Å². The van der Waals surface area contributed by atoms with Gasteiger partial charge in [-0.05, 0) is 48.0 Å². The minimum Gasteiger partial charge on any atom is -0.383 e. The zero-order chi connectivity index (χ0) is 20.0. The molecule has 5 nitrogen and oxygen atoms in total. The van der Waals surface area contributed by atoms with E-state index in [1.165, 1.54) is 0 Å². The van der Waals surface area contributed by atoms with E-state index in [0.717, 1.165) is 35.5 Å². The number of likely N-dealkylation sites (N-methyl/N-ethyl adjacent to an activating group) is 1. The maximum atomic E-state index is 11.9. The molecule has 2 N–H and O–H groups in total. The zero-order valence-electron chi connectivity index (χ0n) is 15.5. The Kier molecular flexibility index (Phi) is 4.91. The molecule has 0 aliphatic carbocycles. The molecule has 0 fully saturated rings. The Morgan fingerprint density at radius 2 is 1.82 bits per heavy atom. The van der Waals surface area contributed by atoms with E-state index in [1.54, 1.807) is 13.1 Å². The molecule has 0 saturated heterocycles. The number of fused-ring (bicyclic) bond motifs is 1. The first-order valence-corrected chi connectivity index (χ1v) is 9.69. The Bertz CT molecular complexity index is 1140. The van der Waals surface area contributed by atoms with Crippen LogP contribution in [0.1, 0.15) is 22.6 Å². The summed E-state index contributed by atoms with van der Waals surface area (Å²) in [5.41, 5.74) is 3.67. The second-order valence-corrected chi connectivity index (χ2v) is 7.96. The van der Waals surface area contributed by atoms with Gasteiger partial charge in [0.2, 0.25) is 0 Å². The van der Waals surface area contributed by atoms with Crippen LogP contribution in [0.25, 0.3) is 0 Å². The van der Waals surface area contributed by atoms with Gasteiger partial charge in [-0.3, -0.25) is 9.59 Å². The molecule has 1 unspecified atom stereocenters. The molecule has 0 amide bonds. The average molecular weight is 416 g/mol. The topological polar surface area (TPSA) is 61.4 Å². The molecule has 3 aromatic carbocycles. The molecular weight excluding hydrogens is 397 g/mol. The maximum absolute atomic E-state index is 11.9. The van der Waals surface area contributed by atoms with Crippen molar-refractivity contribution in [2.75, 3.05) is 31.3 Å². The average Bonchev–Trinajstić information content (AvgIpc) is 2.68. The van der Waals surface area contributed by atoms with Crippen molar-refractivity contribution in [3.8, 4) is 0 Å². The number of hydrogen-bond acceptors (Lipinski definition) is 5. The summed E-state index contributed by atoms with van der Waals surface area (Å²) in [6.07, 6.45) is 0. The molecule has 1 heterocycles. The molecule has 7 heteroatoms. The molecule has 0 bridgehead atoms. The molecule has 0 saturated carbocycles. The standard InChI is InChI=1S/C21H19Cl2N3O2/c1-24-18-19(21(28)20(18)27)25-13-5-3-4-11(6-13)15-9-26(2)10-16-14(15)7-12(22)8-17(16)23/h3-8,15,24-25H,9-10H2,1-2H3. The Hall–Kier alpha value is -2.34. The first kappa shape index (κ1) is 19.0. The third kappa shape index (κ3) is 3.20. The fraction of sp³-hybridized carbons (Fsp3) is 0.238. The van der Waals surface area contributed by atoms with Gasteiger partial charge in [0.25, 0.3) is 10.9 Å². The number of anilines is 3. The summed E-state index contributed by atoms with van der Waals surface area (Å²) in [5, 5.41) is 7.15. The summed E-state index contributed by atoms with van der Waals surface area (Å²) >= 11 is 12.7. The van der Waals surface area contributed by atoms with Crippen LogP contribution in [0.4, 0.5) is 17.1 Å². The Balaban J connectivity index is 1.72. The zero-order valence-corrected chi connectivity index (χ0v) is 17.0. The number of benzene rings is 2. The van der Waals surface area contributed by atoms with Crippen LogP contribution >= 0.6 is 23.2 Å². The first-order chi connectivity index (χ1) is 13.4. The molecule has 1 aliphatic heterocycles. The van der Waals surface area contributed by atoms with Crippen molar-refractivity contribution in [1.29, 1.82) is 0 Å². The van der Waals surface area contributed by atoms with Crippen LogP contribution < -0.4 is 21.5 Å². The predicted molar refractivity (Wildman–Crippen MR) is 115 cm³/mol. The van der Waals surface area contributed by atoms with Gasteiger partial charge in [-0.15, -0.1) is 0 Å². The molecular formula is C21H19Cl2N3O2. The second kappa shape index (κ2) is 7.24. The molecule has 0 spiro atoms. The minimum atomic E-state index is -0.504. The summed E-state index contributed by atoms with van der Waals surface area (Å²) in [6.45, 7) is 1.60. The SMILES string of the molecule is CNc1c(Nc2cccc(C3CN(C)Cc4c(Cl)cc(Cl)cc43)c2)c(=O)c1=O. The Morgan fingerprint density at radius 1 is 1.07 bits per heavy atom. The number of nitrogens with zero attached hydrogens (tertiary/aromatic N) is 1. The third-order valence-electron chi connectivity index (χ3n) is 5.21. The molecule has 28 heavy (non-hydrogen) atoms. The van der Waals surface area contributed by atoms with E-state index in [2.05, 4.69) is 28.6 Å². The lowest BCUT2D eigenvalue weighted by atomic mass is 9.84. The number of rotatable bonds is 4. The van der Waals surface area contributed by atoms with Gasteiger partial charge in [0.1, 0.15) is 11.4 Å². The van der Waals surface area contributed by atoms with E-state index in [0.29, 0.717) is 21.4 Å². The quantitative estimate of drug-likeness (QED) is 0.631. The van der Waals surface area contributed by atoms with Gasteiger partial charge >= 0.3 is 0 Å². The summed E-state index contributed by atoms with van der Waals surface area (Å²) in [6, 6.07) is 11.6. The molecule has 0 aromatic heterocycles. The van der Waals surface area contributed by atoms with Gasteiger partial charge in [0.05, 0.1) is 0 Å². The Morgan fingerprint density at radius 3 is 2.57 bits per heavy atom. The van der Waals surface area contributed by atoms with E-state index in [9.17, 15) is 9.59 Å². The minimum absolute atomic E-state index is 0.100. The highest BCUT2D eigenvalue weighted by atomic mass is 35.5. The summed E-state index contributed by atoms with van der Waals surface area (Å²) < 4.78 is 0. The van der Waals surface area contributed by atoms with Crippen LogP contribution in [-0.4, -0.2) is 25.5 Å². The van der Waals surface area contributed by atoms with Crippen molar-refractivity contribution in [2.24, 2.45) is 0 Å². The van der Waals surface area contributed by atoms with Gasteiger partial charge in [-0.2, -0.15) is 0 Å². The molecule has 1 aliphatic rings. The maximum Gasteiger partial charge on any atom is 0.253 e. The first-order valence-electron chi connectivity index (χ1n) is 8.93. The van der Waals surface area contributed by atoms with Crippen LogP contribution in [0.5, 0.6) is 0 Å². The second-order valence-electron chi connectivity index (χ2n) is 7.11. The van der Waals surface area contributed by atoms with E-state index in [-0.39, 0.29) is 5.92 Å². The van der Waals surface area contributed by atoms with E-state index in [1.807, 2.05) is 24.3 Å². The normalized spacial score (nSPS) is 16.8. The van der Waals surface area contributed by atoms with Crippen molar-refractivity contribution < 1.29 is 0 Å². The summed E-state index contributed by atoms with van der Waals surface area (Å²) in [4.78, 5) is 25.7. The molecule has 144 valence electrons. The van der Waals surface area contributed by atoms with Crippen molar-refractivity contribution in [1.82, 2.24) is 4.90 Å². The lowest BCUT2D eigenvalue weighted by Gasteiger charge is -2.33. The van der Waals surface area contributed by atoms with Crippen LogP contribution in [0.2, 0.25) is 10.0 Å². The monoisotopic (exact) mass is 415 g/mol. The van der Waals surface area contributed by atoms with Gasteiger partial charge in [-0.1, -0.05) is 35.3 Å². The number of hydrogen-bond donors (Lipinski definition) is 2. The largest absolute Gasteiger partial charge is 0.383 e. The third-order valence-corrected chi connectivity index (χ3v) is 5.77. The van der Waals surface area contributed by atoms with E-state index in [4.69, 9.17) is 23.2 Å². The fourth-order valence-electron chi connectivity index (χ4n) is 3.86. The van der Waals surface area contributed by atoms with Crippen molar-refractivity contribution in [3.63, 3.8) is 0 Å². The van der Waals surface area contributed by atoms with Crippen molar-refractivity contribution >= 4 is 40.3 Å². The highest BCUT2D eigenvalue weighted by Gasteiger charge is 2.27. The summed E-state index contributed by atoms with van der Waals surface area (Å²) in [7, 11) is 3.69. The molecule has 3 aromatic rings. The number of nitrogens with one attached hydrogen (secondary N) is 2. The van der Waals surface area contributed by atoms with Crippen LogP contribution in [0.15, 0.2) is 46.0 Å². The van der Waals surface area contributed by atoms with Gasteiger partial charge in [0.15, 0.2) is 0 Å². The molecule has 0 radical (unpaired) electrons. The van der Waals surface area contributed by atoms with Crippen LogP contribution in [-0.2, 0) is 6.54 Å². The van der Waals surface area contributed by atoms with Gasteiger partial charge in [-0.25, -0.2) is 0 Å². The highest BCUT2D eigenvalue weighted by molar-refractivity contribution is 6.35. The fourth-order valence-corrected chi connectivity index (χ4v) is 4.43. The lowest BCUT2D eigenvalue weighted by molar-refractivity contribution is 0.295. The lowest BCUT2D eigenvalue weighted by Crippen LogP contribution is -2.36.